The minimum Gasteiger partial charge on any atom is -0.379 e. The number of nitrogens with one attached hydrogen (secondary N) is 1. The van der Waals surface area contributed by atoms with Crippen LogP contribution in [-0.4, -0.2) is 59.0 Å². The average Bonchev–Trinajstić information content (AvgIpc) is 3.42. The Kier molecular flexibility index (Phi) is 5.80. The van der Waals surface area contributed by atoms with Gasteiger partial charge in [-0.1, -0.05) is 31.4 Å². The molecule has 7 heteroatoms. The molecule has 6 nitrogen and oxygen atoms in total. The number of aromatic nitrogens is 2. The molecule has 0 unspecified atom stereocenters. The first-order chi connectivity index (χ1) is 15.2. The summed E-state index contributed by atoms with van der Waals surface area (Å²) in [6.45, 7) is 4.00. The van der Waals surface area contributed by atoms with Gasteiger partial charge in [0, 0.05) is 36.4 Å². The monoisotopic (exact) mass is 426 g/mol. The minimum absolute atomic E-state index is 0.00890. The first-order valence-corrected chi connectivity index (χ1v) is 11.6. The summed E-state index contributed by atoms with van der Waals surface area (Å²) < 4.78 is 21.6. The van der Waals surface area contributed by atoms with Crippen molar-refractivity contribution in [1.82, 2.24) is 20.0 Å². The lowest BCUT2D eigenvalue weighted by molar-refractivity contribution is -0.0361. The number of fused-ring (bicyclic) bond motifs is 1. The Hall–Kier alpha value is -2.25. The van der Waals surface area contributed by atoms with Crippen LogP contribution >= 0.6 is 0 Å². The summed E-state index contributed by atoms with van der Waals surface area (Å²) in [5.74, 6) is -0.452. The van der Waals surface area contributed by atoms with Crippen molar-refractivity contribution in [3.05, 3.63) is 47.0 Å². The summed E-state index contributed by atoms with van der Waals surface area (Å²) in [6, 6.07) is 6.63. The molecule has 5 rings (SSSR count). The van der Waals surface area contributed by atoms with Crippen molar-refractivity contribution in [2.45, 2.75) is 56.9 Å². The maximum atomic E-state index is 14.4. The van der Waals surface area contributed by atoms with Gasteiger partial charge in [-0.15, -0.1) is 0 Å². The molecule has 1 aromatic carbocycles. The van der Waals surface area contributed by atoms with Crippen LogP contribution in [0, 0.1) is 5.82 Å². The van der Waals surface area contributed by atoms with E-state index in [-0.39, 0.29) is 17.3 Å². The maximum absolute atomic E-state index is 14.4. The second-order valence-electron chi connectivity index (χ2n) is 9.06. The number of para-hydroxylation sites is 1. The van der Waals surface area contributed by atoms with E-state index in [1.807, 2.05) is 0 Å². The number of hydrogen-bond acceptors (Lipinski definition) is 4. The quantitative estimate of drug-likeness (QED) is 0.797. The molecular weight excluding hydrogens is 395 g/mol. The Morgan fingerprint density at radius 3 is 2.65 bits per heavy atom. The van der Waals surface area contributed by atoms with E-state index in [2.05, 4.69) is 15.3 Å². The topological polar surface area (TPSA) is 59.4 Å². The Morgan fingerprint density at radius 1 is 1.10 bits per heavy atom. The number of benzene rings is 1. The van der Waals surface area contributed by atoms with Crippen molar-refractivity contribution in [2.75, 3.05) is 32.8 Å². The molecule has 0 atom stereocenters. The summed E-state index contributed by atoms with van der Waals surface area (Å²) in [5.41, 5.74) is 2.83. The van der Waals surface area contributed by atoms with Crippen LogP contribution < -0.4 is 5.32 Å². The van der Waals surface area contributed by atoms with Crippen LogP contribution in [0.5, 0.6) is 0 Å². The van der Waals surface area contributed by atoms with Crippen molar-refractivity contribution >= 4 is 5.91 Å². The SMILES string of the molecule is O=C(NCC1(N2CCOCC2)CCCCC1)c1nn(-c2ccccc2F)c2c1CCC2. The fourth-order valence-corrected chi connectivity index (χ4v) is 5.62. The summed E-state index contributed by atoms with van der Waals surface area (Å²) >= 11 is 0. The molecule has 1 aromatic heterocycles. The number of hydrogen-bond donors (Lipinski definition) is 1. The fourth-order valence-electron chi connectivity index (χ4n) is 5.62. The van der Waals surface area contributed by atoms with E-state index >= 15 is 0 Å². The van der Waals surface area contributed by atoms with Gasteiger partial charge in [0.1, 0.15) is 11.5 Å². The zero-order valence-corrected chi connectivity index (χ0v) is 18.0. The third kappa shape index (κ3) is 3.89. The van der Waals surface area contributed by atoms with Crippen molar-refractivity contribution in [3.8, 4) is 5.69 Å². The average molecular weight is 427 g/mol. The van der Waals surface area contributed by atoms with Gasteiger partial charge in [0.2, 0.25) is 0 Å². The molecule has 166 valence electrons. The van der Waals surface area contributed by atoms with Gasteiger partial charge < -0.3 is 10.1 Å². The summed E-state index contributed by atoms with van der Waals surface area (Å²) in [6.07, 6.45) is 8.49. The Labute approximate surface area is 182 Å². The second-order valence-corrected chi connectivity index (χ2v) is 9.06. The van der Waals surface area contributed by atoms with E-state index < -0.39 is 0 Å². The van der Waals surface area contributed by atoms with E-state index in [0.717, 1.165) is 69.7 Å². The van der Waals surface area contributed by atoms with Crippen LogP contribution in [0.4, 0.5) is 4.39 Å². The molecule has 31 heavy (non-hydrogen) atoms. The third-order valence-corrected chi connectivity index (χ3v) is 7.27. The molecule has 3 aliphatic rings. The highest BCUT2D eigenvalue weighted by Crippen LogP contribution is 2.34. The van der Waals surface area contributed by atoms with Crippen molar-refractivity contribution in [1.29, 1.82) is 0 Å². The van der Waals surface area contributed by atoms with Crippen molar-refractivity contribution < 1.29 is 13.9 Å². The molecule has 1 amide bonds. The summed E-state index contributed by atoms with van der Waals surface area (Å²) in [4.78, 5) is 15.8. The zero-order chi connectivity index (χ0) is 21.3. The molecule has 1 saturated carbocycles. The molecule has 0 radical (unpaired) electrons. The molecule has 2 aromatic rings. The minimum atomic E-state index is -0.319. The Balaban J connectivity index is 1.38. The standard InChI is InChI=1S/C24H31FN4O2/c25-19-8-2-3-9-21(19)29-20-10-6-7-18(20)22(27-29)23(30)26-17-24(11-4-1-5-12-24)28-13-15-31-16-14-28/h2-3,8-9H,1,4-7,10-17H2,(H,26,30). The van der Waals surface area contributed by atoms with Gasteiger partial charge in [0.25, 0.3) is 5.91 Å². The maximum Gasteiger partial charge on any atom is 0.272 e. The fraction of sp³-hybridized carbons (Fsp3) is 0.583. The molecule has 2 heterocycles. The zero-order valence-electron chi connectivity index (χ0n) is 18.0. The van der Waals surface area contributed by atoms with Gasteiger partial charge >= 0.3 is 0 Å². The number of halogens is 1. The van der Waals surface area contributed by atoms with Crippen LogP contribution in [0.3, 0.4) is 0 Å². The lowest BCUT2D eigenvalue weighted by atomic mass is 9.79. The van der Waals surface area contributed by atoms with Crippen LogP contribution in [0.15, 0.2) is 24.3 Å². The first-order valence-electron chi connectivity index (χ1n) is 11.6. The second kappa shape index (κ2) is 8.71. The number of amides is 1. The number of morpholine rings is 1. The van der Waals surface area contributed by atoms with E-state index in [0.29, 0.717) is 17.9 Å². The molecule has 2 aliphatic carbocycles. The predicted molar refractivity (Wildman–Crippen MR) is 116 cm³/mol. The van der Waals surface area contributed by atoms with Crippen molar-refractivity contribution in [3.63, 3.8) is 0 Å². The largest absolute Gasteiger partial charge is 0.379 e. The van der Waals surface area contributed by atoms with Crippen LogP contribution in [0.25, 0.3) is 5.69 Å². The Bertz CT molecular complexity index is 945. The normalized spacial score (nSPS) is 21.1. The van der Waals surface area contributed by atoms with Crippen LogP contribution in [-0.2, 0) is 17.6 Å². The van der Waals surface area contributed by atoms with Crippen LogP contribution in [0.1, 0.15) is 60.3 Å². The van der Waals surface area contributed by atoms with Gasteiger partial charge in [-0.3, -0.25) is 9.69 Å². The number of ether oxygens (including phenoxy) is 1. The van der Waals surface area contributed by atoms with Gasteiger partial charge in [-0.25, -0.2) is 9.07 Å². The smallest absolute Gasteiger partial charge is 0.272 e. The number of carbonyl (C=O) groups is 1. The highest BCUT2D eigenvalue weighted by atomic mass is 19.1. The van der Waals surface area contributed by atoms with Crippen molar-refractivity contribution in [2.24, 2.45) is 0 Å². The number of rotatable bonds is 5. The van der Waals surface area contributed by atoms with Gasteiger partial charge in [-0.05, 0) is 44.2 Å². The van der Waals surface area contributed by atoms with E-state index in [9.17, 15) is 9.18 Å². The predicted octanol–water partition coefficient (Wildman–Crippen LogP) is 3.27. The molecule has 0 spiro atoms. The molecule has 1 N–H and O–H groups in total. The van der Waals surface area contributed by atoms with Gasteiger partial charge in [0.05, 0.1) is 13.2 Å². The lowest BCUT2D eigenvalue weighted by Gasteiger charge is -2.48. The van der Waals surface area contributed by atoms with Gasteiger partial charge in [0.15, 0.2) is 5.69 Å². The lowest BCUT2D eigenvalue weighted by Crippen LogP contribution is -2.59. The van der Waals surface area contributed by atoms with E-state index in [4.69, 9.17) is 4.74 Å². The molecule has 1 saturated heterocycles. The molecule has 1 aliphatic heterocycles. The van der Waals surface area contributed by atoms with E-state index in [1.165, 1.54) is 25.3 Å². The molecule has 0 bridgehead atoms. The highest BCUT2D eigenvalue weighted by Gasteiger charge is 2.39. The molecular formula is C24H31FN4O2. The summed E-state index contributed by atoms with van der Waals surface area (Å²) in [7, 11) is 0. The third-order valence-electron chi connectivity index (χ3n) is 7.27. The first kappa shape index (κ1) is 20.6. The van der Waals surface area contributed by atoms with Crippen LogP contribution in [0.2, 0.25) is 0 Å². The Morgan fingerprint density at radius 2 is 1.87 bits per heavy atom. The number of nitrogens with zero attached hydrogens (tertiary/aromatic N) is 3. The molecule has 2 fully saturated rings. The van der Waals surface area contributed by atoms with Gasteiger partial charge in [-0.2, -0.15) is 5.10 Å². The number of carbonyl (C=O) groups excluding carboxylic acids is 1. The summed E-state index contributed by atoms with van der Waals surface area (Å²) in [5, 5.41) is 7.82. The van der Waals surface area contributed by atoms with E-state index in [1.54, 1.807) is 22.9 Å². The highest BCUT2D eigenvalue weighted by molar-refractivity contribution is 5.94.